The highest BCUT2D eigenvalue weighted by Crippen LogP contribution is 2.19. The lowest BCUT2D eigenvalue weighted by molar-refractivity contribution is 0.0943. The molecule has 3 heterocycles. The highest BCUT2D eigenvalue weighted by Gasteiger charge is 2.17. The maximum atomic E-state index is 12.5. The maximum absolute atomic E-state index is 12.5. The Labute approximate surface area is 142 Å². The Balaban J connectivity index is 1.55. The summed E-state index contributed by atoms with van der Waals surface area (Å²) in [7, 11) is 0. The van der Waals surface area contributed by atoms with E-state index in [-0.39, 0.29) is 5.91 Å². The molecule has 1 amide bonds. The van der Waals surface area contributed by atoms with Crippen molar-refractivity contribution in [1.29, 1.82) is 0 Å². The van der Waals surface area contributed by atoms with E-state index in [1.54, 1.807) is 18.6 Å². The molecule has 6 nitrogen and oxygen atoms in total. The molecule has 0 bridgehead atoms. The third-order valence-electron chi connectivity index (χ3n) is 4.46. The largest absolute Gasteiger partial charge is 0.352 e. The fraction of sp³-hybridized carbons (Fsp3) is 0.500. The van der Waals surface area contributed by atoms with E-state index in [2.05, 4.69) is 32.3 Å². The second kappa shape index (κ2) is 8.06. The Morgan fingerprint density at radius 1 is 1.33 bits per heavy atom. The zero-order valence-corrected chi connectivity index (χ0v) is 14.2. The molecule has 0 radical (unpaired) electrons. The topological polar surface area (TPSA) is 73.9 Å². The zero-order valence-electron chi connectivity index (χ0n) is 14.2. The van der Waals surface area contributed by atoms with Gasteiger partial charge in [-0.3, -0.25) is 14.9 Å². The SMILES string of the molecule is CC(CNC(=O)c1cn[nH]c1-c1cccnc1)CN1CCCCC1. The van der Waals surface area contributed by atoms with Gasteiger partial charge in [-0.1, -0.05) is 13.3 Å². The first-order chi connectivity index (χ1) is 11.7. The Kier molecular flexibility index (Phi) is 5.59. The molecular formula is C18H25N5O. The molecule has 3 rings (SSSR count). The fourth-order valence-corrected chi connectivity index (χ4v) is 3.20. The average Bonchev–Trinajstić information content (AvgIpc) is 3.11. The molecule has 1 atom stereocenters. The second-order valence-electron chi connectivity index (χ2n) is 6.58. The first-order valence-corrected chi connectivity index (χ1v) is 8.68. The highest BCUT2D eigenvalue weighted by molar-refractivity contribution is 5.99. The number of hydrogen-bond acceptors (Lipinski definition) is 4. The van der Waals surface area contributed by atoms with Crippen LogP contribution in [0.1, 0.15) is 36.5 Å². The molecule has 2 aromatic heterocycles. The summed E-state index contributed by atoms with van der Waals surface area (Å²) >= 11 is 0. The number of carbonyl (C=O) groups is 1. The van der Waals surface area contributed by atoms with Gasteiger partial charge in [0.1, 0.15) is 0 Å². The number of likely N-dealkylation sites (tertiary alicyclic amines) is 1. The summed E-state index contributed by atoms with van der Waals surface area (Å²) in [4.78, 5) is 19.1. The Bertz CT molecular complexity index is 648. The highest BCUT2D eigenvalue weighted by atomic mass is 16.1. The van der Waals surface area contributed by atoms with Crippen molar-refractivity contribution in [1.82, 2.24) is 25.4 Å². The molecule has 2 aromatic rings. The van der Waals surface area contributed by atoms with E-state index in [1.807, 2.05) is 12.1 Å². The van der Waals surface area contributed by atoms with Crippen LogP contribution in [0.3, 0.4) is 0 Å². The minimum Gasteiger partial charge on any atom is -0.352 e. The second-order valence-corrected chi connectivity index (χ2v) is 6.58. The smallest absolute Gasteiger partial charge is 0.255 e. The van der Waals surface area contributed by atoms with Gasteiger partial charge in [0.25, 0.3) is 5.91 Å². The van der Waals surface area contributed by atoms with E-state index in [0.717, 1.165) is 12.1 Å². The van der Waals surface area contributed by atoms with Gasteiger partial charge in [-0.05, 0) is 44.0 Å². The molecule has 0 saturated carbocycles. The van der Waals surface area contributed by atoms with E-state index < -0.39 is 0 Å². The number of amides is 1. The van der Waals surface area contributed by atoms with E-state index >= 15 is 0 Å². The van der Waals surface area contributed by atoms with Crippen molar-refractivity contribution in [2.45, 2.75) is 26.2 Å². The van der Waals surface area contributed by atoms with Crippen LogP contribution < -0.4 is 5.32 Å². The van der Waals surface area contributed by atoms with E-state index in [9.17, 15) is 4.79 Å². The van der Waals surface area contributed by atoms with Crippen LogP contribution in [0.2, 0.25) is 0 Å². The van der Waals surface area contributed by atoms with Gasteiger partial charge in [0.2, 0.25) is 0 Å². The van der Waals surface area contributed by atoms with Gasteiger partial charge in [0, 0.05) is 31.0 Å². The summed E-state index contributed by atoms with van der Waals surface area (Å²) in [6, 6.07) is 3.76. The summed E-state index contributed by atoms with van der Waals surface area (Å²) in [6.07, 6.45) is 8.95. The molecule has 2 N–H and O–H groups in total. The van der Waals surface area contributed by atoms with Crippen molar-refractivity contribution < 1.29 is 4.79 Å². The molecule has 0 spiro atoms. The van der Waals surface area contributed by atoms with Crippen LogP contribution in [0.25, 0.3) is 11.3 Å². The first-order valence-electron chi connectivity index (χ1n) is 8.68. The molecule has 6 heteroatoms. The zero-order chi connectivity index (χ0) is 16.8. The van der Waals surface area contributed by atoms with Gasteiger partial charge in [-0.2, -0.15) is 5.10 Å². The van der Waals surface area contributed by atoms with Crippen molar-refractivity contribution in [3.63, 3.8) is 0 Å². The molecule has 1 aliphatic rings. The van der Waals surface area contributed by atoms with Crippen LogP contribution in [0.5, 0.6) is 0 Å². The summed E-state index contributed by atoms with van der Waals surface area (Å²) in [5.74, 6) is 0.342. The van der Waals surface area contributed by atoms with Crippen LogP contribution in [0.4, 0.5) is 0 Å². The minimum absolute atomic E-state index is 0.0897. The van der Waals surface area contributed by atoms with Crippen molar-refractivity contribution in [2.24, 2.45) is 5.92 Å². The van der Waals surface area contributed by atoms with Crippen LogP contribution in [0, 0.1) is 5.92 Å². The predicted molar refractivity (Wildman–Crippen MR) is 93.6 cm³/mol. The van der Waals surface area contributed by atoms with Crippen molar-refractivity contribution >= 4 is 5.91 Å². The molecule has 1 aliphatic heterocycles. The molecule has 24 heavy (non-hydrogen) atoms. The molecule has 1 fully saturated rings. The van der Waals surface area contributed by atoms with E-state index in [4.69, 9.17) is 0 Å². The Morgan fingerprint density at radius 2 is 2.17 bits per heavy atom. The van der Waals surface area contributed by atoms with Gasteiger partial charge in [-0.15, -0.1) is 0 Å². The molecule has 0 aromatic carbocycles. The summed E-state index contributed by atoms with van der Waals surface area (Å²) in [5.41, 5.74) is 2.14. The molecule has 1 unspecified atom stereocenters. The third-order valence-corrected chi connectivity index (χ3v) is 4.46. The molecule has 128 valence electrons. The standard InChI is InChI=1S/C18H25N5O/c1-14(13-23-8-3-2-4-9-23)10-20-18(24)16-12-21-22-17(16)15-6-5-7-19-11-15/h5-7,11-12,14H,2-4,8-10,13H2,1H3,(H,20,24)(H,21,22). The van der Waals surface area contributed by atoms with E-state index in [0.29, 0.717) is 23.7 Å². The number of rotatable bonds is 6. The minimum atomic E-state index is -0.0897. The lowest BCUT2D eigenvalue weighted by Gasteiger charge is -2.29. The number of aromatic nitrogens is 3. The van der Waals surface area contributed by atoms with Crippen molar-refractivity contribution in [2.75, 3.05) is 26.2 Å². The number of hydrogen-bond donors (Lipinski definition) is 2. The lowest BCUT2D eigenvalue weighted by Crippen LogP contribution is -2.38. The predicted octanol–water partition coefficient (Wildman–Crippen LogP) is 2.32. The number of nitrogens with zero attached hydrogens (tertiary/aromatic N) is 3. The average molecular weight is 327 g/mol. The number of pyridine rings is 1. The quantitative estimate of drug-likeness (QED) is 0.854. The number of piperidine rings is 1. The number of H-pyrrole nitrogens is 1. The Hall–Kier alpha value is -2.21. The number of nitrogens with one attached hydrogen (secondary N) is 2. The lowest BCUT2D eigenvalue weighted by atomic mass is 10.1. The van der Waals surface area contributed by atoms with Gasteiger partial charge in [-0.25, -0.2) is 0 Å². The van der Waals surface area contributed by atoms with Gasteiger partial charge in [0.05, 0.1) is 17.5 Å². The molecular weight excluding hydrogens is 302 g/mol. The molecule has 1 saturated heterocycles. The van der Waals surface area contributed by atoms with Crippen molar-refractivity contribution in [3.05, 3.63) is 36.3 Å². The van der Waals surface area contributed by atoms with Crippen LogP contribution in [0.15, 0.2) is 30.7 Å². The van der Waals surface area contributed by atoms with E-state index in [1.165, 1.54) is 32.4 Å². The van der Waals surface area contributed by atoms with Gasteiger partial charge < -0.3 is 10.2 Å². The Morgan fingerprint density at radius 3 is 2.92 bits per heavy atom. The summed E-state index contributed by atoms with van der Waals surface area (Å²) < 4.78 is 0. The normalized spacial score (nSPS) is 16.7. The van der Waals surface area contributed by atoms with Gasteiger partial charge >= 0.3 is 0 Å². The fourth-order valence-electron chi connectivity index (χ4n) is 3.20. The van der Waals surface area contributed by atoms with Gasteiger partial charge in [0.15, 0.2) is 0 Å². The molecule has 0 aliphatic carbocycles. The number of carbonyl (C=O) groups excluding carboxylic acids is 1. The van der Waals surface area contributed by atoms with Crippen LogP contribution in [-0.4, -0.2) is 52.2 Å². The third kappa shape index (κ3) is 4.20. The van der Waals surface area contributed by atoms with Crippen LogP contribution in [-0.2, 0) is 0 Å². The first kappa shape index (κ1) is 16.6. The monoisotopic (exact) mass is 327 g/mol. The number of aromatic amines is 1. The summed E-state index contributed by atoms with van der Waals surface area (Å²) in [6.45, 7) is 6.27. The van der Waals surface area contributed by atoms with Crippen molar-refractivity contribution in [3.8, 4) is 11.3 Å². The summed E-state index contributed by atoms with van der Waals surface area (Å²) in [5, 5.41) is 9.95. The van der Waals surface area contributed by atoms with Crippen LogP contribution >= 0.6 is 0 Å². The maximum Gasteiger partial charge on any atom is 0.255 e.